The Morgan fingerprint density at radius 1 is 0.765 bits per heavy atom. The van der Waals surface area contributed by atoms with Gasteiger partial charge < -0.3 is 26.8 Å². The minimum Gasteiger partial charge on any atom is -0.399 e. The van der Waals surface area contributed by atoms with E-state index < -0.39 is 6.04 Å². The summed E-state index contributed by atoms with van der Waals surface area (Å²) in [4.78, 5) is 21.3. The molecule has 10 nitrogen and oxygen atoms in total. The van der Waals surface area contributed by atoms with Gasteiger partial charge >= 0.3 is 0 Å². The number of aliphatic hydroxyl groups excluding tert-OH is 3. The number of aliphatic hydroxyl groups is 3. The van der Waals surface area contributed by atoms with Gasteiger partial charge in [-0.3, -0.25) is 24.4 Å². The third-order valence-corrected chi connectivity index (χ3v) is 6.58. The van der Waals surface area contributed by atoms with Gasteiger partial charge in [0.05, 0.1) is 25.9 Å². The molecule has 1 amide bonds. The maximum Gasteiger partial charge on any atom is 0.234 e. The summed E-state index contributed by atoms with van der Waals surface area (Å²) in [5.74, 6) is -0.334. The average molecular weight is 481 g/mol. The number of anilines is 1. The van der Waals surface area contributed by atoms with Gasteiger partial charge in [-0.25, -0.2) is 0 Å². The fraction of sp³-hybridized carbons (Fsp3) is 0.708. The Morgan fingerprint density at radius 2 is 1.18 bits per heavy atom. The van der Waals surface area contributed by atoms with Crippen molar-refractivity contribution in [2.24, 2.45) is 5.73 Å². The second-order valence-electron chi connectivity index (χ2n) is 8.93. The normalized spacial score (nSPS) is 19.4. The van der Waals surface area contributed by atoms with Gasteiger partial charge in [-0.1, -0.05) is 12.1 Å². The first-order chi connectivity index (χ1) is 16.5. The van der Waals surface area contributed by atoms with Gasteiger partial charge in [-0.05, 0) is 30.5 Å². The van der Waals surface area contributed by atoms with E-state index in [1.54, 1.807) is 0 Å². The lowest BCUT2D eigenvalue weighted by Crippen LogP contribution is -2.52. The number of carbonyl (C=O) groups is 1. The number of nitrogens with two attached hydrogens (primary N) is 2. The Morgan fingerprint density at radius 3 is 1.56 bits per heavy atom. The largest absolute Gasteiger partial charge is 0.399 e. The molecule has 1 fully saturated rings. The van der Waals surface area contributed by atoms with Gasteiger partial charge in [-0.15, -0.1) is 0 Å². The Bertz CT molecular complexity index is 671. The summed E-state index contributed by atoms with van der Waals surface area (Å²) >= 11 is 0. The molecule has 1 atom stereocenters. The highest BCUT2D eigenvalue weighted by Gasteiger charge is 2.25. The zero-order chi connectivity index (χ0) is 24.8. The van der Waals surface area contributed by atoms with Crippen LogP contribution in [0, 0.1) is 0 Å². The molecule has 1 aromatic carbocycles. The molecule has 2 rings (SSSR count). The summed E-state index contributed by atoms with van der Waals surface area (Å²) in [6.07, 6.45) is 1.34. The lowest BCUT2D eigenvalue weighted by Gasteiger charge is -2.36. The van der Waals surface area contributed by atoms with Crippen molar-refractivity contribution in [1.82, 2.24) is 19.6 Å². The first kappa shape index (κ1) is 28.4. The molecule has 1 heterocycles. The van der Waals surface area contributed by atoms with Crippen LogP contribution < -0.4 is 11.5 Å². The average Bonchev–Trinajstić information content (AvgIpc) is 2.81. The summed E-state index contributed by atoms with van der Waals surface area (Å²) in [7, 11) is 0. The van der Waals surface area contributed by atoms with Crippen molar-refractivity contribution < 1.29 is 20.1 Å². The van der Waals surface area contributed by atoms with Gasteiger partial charge in [0.25, 0.3) is 0 Å². The molecule has 10 heteroatoms. The van der Waals surface area contributed by atoms with Gasteiger partial charge in [0.2, 0.25) is 5.91 Å². The van der Waals surface area contributed by atoms with E-state index in [1.807, 2.05) is 24.3 Å². The molecule has 34 heavy (non-hydrogen) atoms. The van der Waals surface area contributed by atoms with Gasteiger partial charge in [0.1, 0.15) is 0 Å². The van der Waals surface area contributed by atoms with E-state index in [1.165, 1.54) is 0 Å². The Labute approximate surface area is 203 Å². The van der Waals surface area contributed by atoms with Crippen LogP contribution in [0.2, 0.25) is 0 Å². The molecule has 0 bridgehead atoms. The zero-order valence-corrected chi connectivity index (χ0v) is 20.4. The first-order valence-electron chi connectivity index (χ1n) is 12.3. The highest BCUT2D eigenvalue weighted by atomic mass is 16.3. The van der Waals surface area contributed by atoms with Crippen molar-refractivity contribution in [3.05, 3.63) is 29.8 Å². The second kappa shape index (κ2) is 16.0. The van der Waals surface area contributed by atoms with E-state index in [-0.39, 0.29) is 25.7 Å². The predicted molar refractivity (Wildman–Crippen MR) is 134 cm³/mol. The number of amides is 1. The summed E-state index contributed by atoms with van der Waals surface area (Å²) < 4.78 is 0. The van der Waals surface area contributed by atoms with Crippen LogP contribution in [0.15, 0.2) is 24.3 Å². The fourth-order valence-corrected chi connectivity index (χ4v) is 4.45. The van der Waals surface area contributed by atoms with Crippen LogP contribution in [0.25, 0.3) is 0 Å². The maximum atomic E-state index is 12.5. The van der Waals surface area contributed by atoms with Crippen LogP contribution in [-0.2, 0) is 11.2 Å². The Kier molecular flexibility index (Phi) is 13.4. The van der Waals surface area contributed by atoms with Crippen molar-refractivity contribution in [3.8, 4) is 0 Å². The minimum atomic E-state index is -0.404. The Hall–Kier alpha value is -1.79. The van der Waals surface area contributed by atoms with Crippen molar-refractivity contribution in [2.45, 2.75) is 18.9 Å². The summed E-state index contributed by atoms with van der Waals surface area (Å²) in [5, 5.41) is 28.5. The van der Waals surface area contributed by atoms with Crippen molar-refractivity contribution >= 4 is 11.6 Å². The highest BCUT2D eigenvalue weighted by Crippen LogP contribution is 2.13. The molecule has 194 valence electrons. The van der Waals surface area contributed by atoms with E-state index in [0.717, 1.165) is 38.2 Å². The van der Waals surface area contributed by atoms with E-state index in [4.69, 9.17) is 11.5 Å². The molecule has 0 aliphatic carbocycles. The molecule has 0 spiro atoms. The fourth-order valence-electron chi connectivity index (χ4n) is 4.45. The predicted octanol–water partition coefficient (Wildman–Crippen LogP) is -1.75. The van der Waals surface area contributed by atoms with Crippen molar-refractivity contribution in [2.75, 3.05) is 97.5 Å². The van der Waals surface area contributed by atoms with Crippen molar-refractivity contribution in [3.63, 3.8) is 0 Å². The van der Waals surface area contributed by atoms with Crippen LogP contribution in [0.5, 0.6) is 0 Å². The van der Waals surface area contributed by atoms with Gasteiger partial charge in [-0.2, -0.15) is 0 Å². The molecular formula is C24H44N6O4. The molecule has 1 aliphatic rings. The van der Waals surface area contributed by atoms with E-state index in [2.05, 4.69) is 19.6 Å². The summed E-state index contributed by atoms with van der Waals surface area (Å²) in [6.45, 7) is 7.78. The lowest BCUT2D eigenvalue weighted by atomic mass is 10.0. The molecule has 0 aromatic heterocycles. The van der Waals surface area contributed by atoms with Gasteiger partial charge in [0.15, 0.2) is 0 Å². The number of hydrogen-bond acceptors (Lipinski definition) is 9. The molecule has 1 unspecified atom stereocenters. The minimum absolute atomic E-state index is 0.0701. The van der Waals surface area contributed by atoms with Crippen LogP contribution >= 0.6 is 0 Å². The number of carbonyl (C=O) groups excluding carboxylic acids is 1. The molecule has 0 saturated carbocycles. The zero-order valence-electron chi connectivity index (χ0n) is 20.4. The number of hydrogen-bond donors (Lipinski definition) is 5. The topological polar surface area (TPSA) is 143 Å². The van der Waals surface area contributed by atoms with Crippen LogP contribution in [0.4, 0.5) is 5.69 Å². The van der Waals surface area contributed by atoms with E-state index in [0.29, 0.717) is 57.9 Å². The standard InChI is InChI=1S/C24H44N6O4/c25-22-4-1-21(2-5-22)3-6-23(24(26)34)30-13-11-28(16-19-32)9-7-27(15-18-31)8-10-29(12-14-30)17-20-33/h1-2,4-5,23,31-33H,3,6-20,25H2,(H2,26,34). The Balaban J connectivity index is 2.14. The number of nitrogen functional groups attached to an aromatic ring is 1. The first-order valence-corrected chi connectivity index (χ1v) is 12.3. The van der Waals surface area contributed by atoms with Crippen LogP contribution in [0.1, 0.15) is 12.0 Å². The monoisotopic (exact) mass is 480 g/mol. The van der Waals surface area contributed by atoms with Gasteiger partial charge in [0, 0.05) is 77.7 Å². The highest BCUT2D eigenvalue weighted by molar-refractivity contribution is 5.79. The van der Waals surface area contributed by atoms with E-state index >= 15 is 0 Å². The van der Waals surface area contributed by atoms with Crippen LogP contribution in [0.3, 0.4) is 0 Å². The SMILES string of the molecule is NC(=O)C(CCc1ccc(N)cc1)N1CCN(CCO)CCN(CCO)CCN(CCO)CC1. The number of primary amides is 1. The van der Waals surface area contributed by atoms with Crippen molar-refractivity contribution in [1.29, 1.82) is 0 Å². The third-order valence-electron chi connectivity index (χ3n) is 6.58. The molecule has 0 radical (unpaired) electrons. The number of benzene rings is 1. The number of nitrogens with zero attached hydrogens (tertiary/aromatic N) is 4. The summed E-state index contributed by atoms with van der Waals surface area (Å²) in [6, 6.07) is 7.29. The molecule has 1 saturated heterocycles. The molecule has 1 aromatic rings. The number of β-amino-alcohol motifs (C(OH)–C–C–N with tert-alkyl or cyclic N) is 3. The lowest BCUT2D eigenvalue weighted by molar-refractivity contribution is -0.123. The van der Waals surface area contributed by atoms with Crippen LogP contribution in [-0.4, -0.2) is 139 Å². The number of rotatable bonds is 11. The quantitative estimate of drug-likeness (QED) is 0.233. The maximum absolute atomic E-state index is 12.5. The molecule has 1 aliphatic heterocycles. The molecule has 7 N–H and O–H groups in total. The summed E-state index contributed by atoms with van der Waals surface area (Å²) in [5.41, 5.74) is 13.5. The smallest absolute Gasteiger partial charge is 0.234 e. The third kappa shape index (κ3) is 10.2. The van der Waals surface area contributed by atoms with E-state index in [9.17, 15) is 20.1 Å². The molecular weight excluding hydrogens is 436 g/mol. The second-order valence-corrected chi connectivity index (χ2v) is 8.93. The number of aryl methyl sites for hydroxylation is 1.